The molecule has 1 aromatic heterocycles. The monoisotopic (exact) mass is 344 g/mol. The summed E-state index contributed by atoms with van der Waals surface area (Å²) in [6.45, 7) is 3.27. The maximum atomic E-state index is 13.4. The molecule has 1 saturated heterocycles. The number of aromatic nitrogens is 2. The van der Waals surface area contributed by atoms with E-state index in [0.29, 0.717) is 17.3 Å². The van der Waals surface area contributed by atoms with Crippen LogP contribution in [0.25, 0.3) is 0 Å². The number of aliphatic imine (C=N–C) groups is 1. The van der Waals surface area contributed by atoms with Gasteiger partial charge in [-0.15, -0.1) is 0 Å². The van der Waals surface area contributed by atoms with Crippen molar-refractivity contribution in [2.24, 2.45) is 10.7 Å². The van der Waals surface area contributed by atoms with Gasteiger partial charge in [0.1, 0.15) is 11.6 Å². The molecular formula is C17H21FN6O. The van der Waals surface area contributed by atoms with Gasteiger partial charge in [-0.25, -0.2) is 19.4 Å². The first-order chi connectivity index (χ1) is 12.2. The highest BCUT2D eigenvalue weighted by Crippen LogP contribution is 2.20. The number of nitrogens with zero attached hydrogens (tertiary/aromatic N) is 5. The Balaban J connectivity index is 1.60. The van der Waals surface area contributed by atoms with Gasteiger partial charge in [0.05, 0.1) is 13.7 Å². The summed E-state index contributed by atoms with van der Waals surface area (Å²) in [5, 5.41) is 0. The smallest absolute Gasteiger partial charge is 0.225 e. The van der Waals surface area contributed by atoms with Crippen molar-refractivity contribution >= 4 is 11.9 Å². The lowest BCUT2D eigenvalue weighted by molar-refractivity contribution is 0.377. The predicted octanol–water partition coefficient (Wildman–Crippen LogP) is 1.26. The Morgan fingerprint density at radius 3 is 2.64 bits per heavy atom. The summed E-state index contributed by atoms with van der Waals surface area (Å²) in [5.41, 5.74) is 6.77. The van der Waals surface area contributed by atoms with Crippen molar-refractivity contribution in [2.75, 3.05) is 38.2 Å². The Morgan fingerprint density at radius 1 is 1.24 bits per heavy atom. The second kappa shape index (κ2) is 7.78. The van der Waals surface area contributed by atoms with Crippen LogP contribution in [0.4, 0.5) is 10.3 Å². The third-order valence-corrected chi connectivity index (χ3v) is 4.09. The number of anilines is 1. The topological polar surface area (TPSA) is 79.9 Å². The normalized spacial score (nSPS) is 15.4. The summed E-state index contributed by atoms with van der Waals surface area (Å²) in [4.78, 5) is 17.0. The predicted molar refractivity (Wildman–Crippen MR) is 94.1 cm³/mol. The van der Waals surface area contributed by atoms with Crippen molar-refractivity contribution in [3.63, 3.8) is 0 Å². The third kappa shape index (κ3) is 4.14. The van der Waals surface area contributed by atoms with Crippen LogP contribution in [0.15, 0.2) is 41.7 Å². The standard InChI is InChI=1S/C17H21FN6O/c1-25-15-4-3-14(18)11-13(15)12-22-16(19)23-7-9-24(10-8-23)17-20-5-2-6-21-17/h2-6,11H,7-10,12H2,1H3,(H2,19,22). The number of hydrogen-bond donors (Lipinski definition) is 1. The molecule has 1 aliphatic heterocycles. The Kier molecular flexibility index (Phi) is 5.27. The van der Waals surface area contributed by atoms with Gasteiger partial charge in [0.2, 0.25) is 5.95 Å². The zero-order valence-electron chi connectivity index (χ0n) is 14.1. The molecule has 8 heteroatoms. The fourth-order valence-electron chi connectivity index (χ4n) is 2.73. The van der Waals surface area contributed by atoms with Crippen molar-refractivity contribution in [2.45, 2.75) is 6.54 Å². The second-order valence-electron chi connectivity index (χ2n) is 5.65. The first-order valence-corrected chi connectivity index (χ1v) is 8.06. The molecule has 1 fully saturated rings. The molecule has 0 saturated carbocycles. The fraction of sp³-hybridized carbons (Fsp3) is 0.353. The average Bonchev–Trinajstić information content (AvgIpc) is 2.67. The van der Waals surface area contributed by atoms with E-state index >= 15 is 0 Å². The van der Waals surface area contributed by atoms with Crippen molar-refractivity contribution in [1.82, 2.24) is 14.9 Å². The number of rotatable bonds is 4. The molecule has 2 heterocycles. The highest BCUT2D eigenvalue weighted by Gasteiger charge is 2.20. The summed E-state index contributed by atoms with van der Waals surface area (Å²) in [6.07, 6.45) is 3.47. The van der Waals surface area contributed by atoms with Crippen LogP contribution in [-0.2, 0) is 6.54 Å². The van der Waals surface area contributed by atoms with Crippen molar-refractivity contribution in [3.8, 4) is 5.75 Å². The van der Waals surface area contributed by atoms with Crippen molar-refractivity contribution < 1.29 is 9.13 Å². The minimum atomic E-state index is -0.318. The second-order valence-corrected chi connectivity index (χ2v) is 5.65. The minimum absolute atomic E-state index is 0.273. The zero-order chi connectivity index (χ0) is 17.6. The van der Waals surface area contributed by atoms with E-state index in [1.807, 2.05) is 4.90 Å². The van der Waals surface area contributed by atoms with E-state index in [0.717, 1.165) is 32.1 Å². The lowest BCUT2D eigenvalue weighted by Gasteiger charge is -2.35. The maximum Gasteiger partial charge on any atom is 0.225 e. The van der Waals surface area contributed by atoms with Crippen LogP contribution in [-0.4, -0.2) is 54.1 Å². The van der Waals surface area contributed by atoms with E-state index in [4.69, 9.17) is 10.5 Å². The molecule has 3 rings (SSSR count). The Bertz CT molecular complexity index is 731. The summed E-state index contributed by atoms with van der Waals surface area (Å²) in [6, 6.07) is 6.17. The molecule has 0 unspecified atom stereocenters. The SMILES string of the molecule is COc1ccc(F)cc1CN=C(N)N1CCN(c2ncccn2)CC1. The van der Waals surface area contributed by atoms with Crippen LogP contribution < -0.4 is 15.4 Å². The molecule has 2 N–H and O–H groups in total. The average molecular weight is 344 g/mol. The lowest BCUT2D eigenvalue weighted by Crippen LogP contribution is -2.51. The number of benzene rings is 1. The maximum absolute atomic E-state index is 13.4. The van der Waals surface area contributed by atoms with Gasteiger partial charge in [-0.3, -0.25) is 0 Å². The molecule has 1 aliphatic rings. The first-order valence-electron chi connectivity index (χ1n) is 8.06. The van der Waals surface area contributed by atoms with Gasteiger partial charge in [0.25, 0.3) is 0 Å². The number of methoxy groups -OCH3 is 1. The van der Waals surface area contributed by atoms with E-state index in [1.54, 1.807) is 31.6 Å². The Labute approximate surface area is 146 Å². The summed E-state index contributed by atoms with van der Waals surface area (Å²) in [5.74, 6) is 1.45. The van der Waals surface area contributed by atoms with Gasteiger partial charge in [0, 0.05) is 44.1 Å². The summed E-state index contributed by atoms with van der Waals surface area (Å²) >= 11 is 0. The molecule has 1 aromatic carbocycles. The van der Waals surface area contributed by atoms with Crippen LogP contribution in [0.2, 0.25) is 0 Å². The van der Waals surface area contributed by atoms with Crippen LogP contribution in [0.3, 0.4) is 0 Å². The molecule has 0 radical (unpaired) electrons. The molecule has 7 nitrogen and oxygen atoms in total. The largest absolute Gasteiger partial charge is 0.496 e. The molecule has 0 aliphatic carbocycles. The van der Waals surface area contributed by atoms with Crippen LogP contribution in [0, 0.1) is 5.82 Å². The number of hydrogen-bond acceptors (Lipinski definition) is 5. The highest BCUT2D eigenvalue weighted by molar-refractivity contribution is 5.78. The van der Waals surface area contributed by atoms with E-state index < -0.39 is 0 Å². The van der Waals surface area contributed by atoms with E-state index in [-0.39, 0.29) is 12.4 Å². The molecule has 2 aromatic rings. The number of ether oxygens (including phenoxy) is 1. The van der Waals surface area contributed by atoms with Crippen molar-refractivity contribution in [3.05, 3.63) is 48.0 Å². The van der Waals surface area contributed by atoms with Crippen molar-refractivity contribution in [1.29, 1.82) is 0 Å². The molecule has 25 heavy (non-hydrogen) atoms. The number of halogens is 1. The number of piperazine rings is 1. The van der Waals surface area contributed by atoms with Gasteiger partial charge >= 0.3 is 0 Å². The highest BCUT2D eigenvalue weighted by atomic mass is 19.1. The Hall–Kier alpha value is -2.90. The Morgan fingerprint density at radius 2 is 1.96 bits per heavy atom. The van der Waals surface area contributed by atoms with Gasteiger partial charge in [-0.05, 0) is 24.3 Å². The van der Waals surface area contributed by atoms with E-state index in [1.165, 1.54) is 12.1 Å². The molecule has 132 valence electrons. The molecule has 0 spiro atoms. The molecule has 0 bridgehead atoms. The first kappa shape index (κ1) is 16.9. The molecular weight excluding hydrogens is 323 g/mol. The van der Waals surface area contributed by atoms with Gasteiger partial charge in [-0.1, -0.05) is 0 Å². The quantitative estimate of drug-likeness (QED) is 0.664. The molecule has 0 atom stereocenters. The van der Waals surface area contributed by atoms with Crippen LogP contribution in [0.1, 0.15) is 5.56 Å². The van der Waals surface area contributed by atoms with Gasteiger partial charge in [-0.2, -0.15) is 0 Å². The minimum Gasteiger partial charge on any atom is -0.496 e. The van der Waals surface area contributed by atoms with E-state index in [2.05, 4.69) is 19.9 Å². The number of nitrogens with two attached hydrogens (primary N) is 1. The van der Waals surface area contributed by atoms with Gasteiger partial charge < -0.3 is 20.3 Å². The summed E-state index contributed by atoms with van der Waals surface area (Å²) in [7, 11) is 1.55. The third-order valence-electron chi connectivity index (χ3n) is 4.09. The fourth-order valence-corrected chi connectivity index (χ4v) is 2.73. The van der Waals surface area contributed by atoms with Crippen LogP contribution in [0.5, 0.6) is 5.75 Å². The van der Waals surface area contributed by atoms with E-state index in [9.17, 15) is 4.39 Å². The zero-order valence-corrected chi connectivity index (χ0v) is 14.1. The van der Waals surface area contributed by atoms with Crippen LogP contribution >= 0.6 is 0 Å². The molecule has 0 amide bonds. The summed E-state index contributed by atoms with van der Waals surface area (Å²) < 4.78 is 18.6. The lowest BCUT2D eigenvalue weighted by atomic mass is 10.2. The number of guanidine groups is 1. The van der Waals surface area contributed by atoms with Gasteiger partial charge in [0.15, 0.2) is 5.96 Å².